The van der Waals surface area contributed by atoms with Gasteiger partial charge in [0.05, 0.1) is 29.6 Å². The van der Waals surface area contributed by atoms with Crippen molar-refractivity contribution < 1.29 is 8.81 Å². The number of halogens is 1. The van der Waals surface area contributed by atoms with Gasteiger partial charge in [-0.2, -0.15) is 5.10 Å². The van der Waals surface area contributed by atoms with Crippen molar-refractivity contribution in [2.24, 2.45) is 17.1 Å². The minimum absolute atomic E-state index is 0.256. The highest BCUT2D eigenvalue weighted by Gasteiger charge is 2.17. The topological polar surface area (TPSA) is 69.7 Å². The van der Waals surface area contributed by atoms with Crippen molar-refractivity contribution in [3.63, 3.8) is 0 Å². The van der Waals surface area contributed by atoms with Gasteiger partial charge in [-0.05, 0) is 43.3 Å². The molecular weight excluding hydrogens is 453 g/mol. The maximum atomic E-state index is 14.6. The molecule has 0 fully saturated rings. The zero-order chi connectivity index (χ0) is 23.7. The lowest BCUT2D eigenvalue weighted by Gasteiger charge is -2.07. The summed E-state index contributed by atoms with van der Waals surface area (Å²) in [6.45, 7) is 1.83. The Hall–Kier alpha value is -4.24. The molecule has 170 valence electrons. The summed E-state index contributed by atoms with van der Waals surface area (Å²) < 4.78 is 24.8. The number of hydrogen-bond acceptors (Lipinski definition) is 5. The first kappa shape index (κ1) is 21.6. The van der Waals surface area contributed by atoms with Gasteiger partial charge in [-0.15, -0.1) is 11.3 Å². The molecule has 0 saturated heterocycles. The van der Waals surface area contributed by atoms with E-state index < -0.39 is 0 Å². The molecule has 5 rings (SSSR count). The van der Waals surface area contributed by atoms with Gasteiger partial charge in [0, 0.05) is 18.0 Å². The third-order valence-corrected chi connectivity index (χ3v) is 6.23. The number of thiazole rings is 1. The summed E-state index contributed by atoms with van der Waals surface area (Å²) in [6, 6.07) is 19.3. The maximum Gasteiger partial charge on any atom is 0.297 e. The molecule has 0 N–H and O–H groups in total. The van der Waals surface area contributed by atoms with Crippen LogP contribution in [-0.4, -0.2) is 20.3 Å². The number of hydrogen-bond donors (Lipinski definition) is 0. The van der Waals surface area contributed by atoms with Gasteiger partial charge in [0.1, 0.15) is 11.6 Å². The highest BCUT2D eigenvalue weighted by molar-refractivity contribution is 7.07. The van der Waals surface area contributed by atoms with Crippen molar-refractivity contribution in [2.45, 2.75) is 6.92 Å². The Balaban J connectivity index is 1.72. The highest BCUT2D eigenvalue weighted by atomic mass is 32.1. The molecule has 0 atom stereocenters. The summed E-state index contributed by atoms with van der Waals surface area (Å²) in [7, 11) is 1.81. The van der Waals surface area contributed by atoms with Crippen molar-refractivity contribution in [3.8, 4) is 16.9 Å². The summed E-state index contributed by atoms with van der Waals surface area (Å²) in [4.78, 5) is 18.4. The molecule has 0 saturated carbocycles. The molecule has 0 spiro atoms. The molecule has 0 aliphatic heterocycles. The maximum absolute atomic E-state index is 14.6. The van der Waals surface area contributed by atoms with Crippen LogP contribution in [0.15, 0.2) is 97.7 Å². The Morgan fingerprint density at radius 3 is 2.53 bits per heavy atom. The van der Waals surface area contributed by atoms with Gasteiger partial charge in [0.2, 0.25) is 4.80 Å². The molecule has 34 heavy (non-hydrogen) atoms. The van der Waals surface area contributed by atoms with Crippen LogP contribution in [0.5, 0.6) is 0 Å². The van der Waals surface area contributed by atoms with Crippen molar-refractivity contribution in [2.75, 3.05) is 0 Å². The average molecular weight is 474 g/mol. The van der Waals surface area contributed by atoms with E-state index in [2.05, 4.69) is 10.1 Å². The number of aromatic nitrogens is 3. The largest absolute Gasteiger partial charge is 0.463 e. The van der Waals surface area contributed by atoms with Crippen LogP contribution < -0.4 is 10.4 Å². The van der Waals surface area contributed by atoms with Crippen LogP contribution in [0, 0.1) is 12.7 Å². The quantitative estimate of drug-likeness (QED) is 0.342. The number of nitrogens with zero attached hydrogens (tertiary/aromatic N) is 5. The molecule has 0 aliphatic carbocycles. The minimum atomic E-state index is -0.379. The Morgan fingerprint density at radius 2 is 1.79 bits per heavy atom. The van der Waals surface area contributed by atoms with E-state index in [1.54, 1.807) is 51.3 Å². The van der Waals surface area contributed by atoms with E-state index in [0.717, 1.165) is 5.69 Å². The van der Waals surface area contributed by atoms with Gasteiger partial charge in [0.15, 0.2) is 5.69 Å². The zero-order valence-electron chi connectivity index (χ0n) is 18.4. The molecule has 0 radical (unpaired) electrons. The Labute approximate surface area is 198 Å². The van der Waals surface area contributed by atoms with Crippen LogP contribution in [0.1, 0.15) is 11.5 Å². The summed E-state index contributed by atoms with van der Waals surface area (Å²) in [5.74, 6) is 0.155. The average Bonchev–Trinajstić information content (AvgIpc) is 3.55. The predicted octanol–water partition coefficient (Wildman–Crippen LogP) is 4.86. The van der Waals surface area contributed by atoms with Crippen LogP contribution in [0.4, 0.5) is 10.1 Å². The highest BCUT2D eigenvalue weighted by Crippen LogP contribution is 2.24. The lowest BCUT2D eigenvalue weighted by atomic mass is 10.1. The molecular formula is C25H20FN5O2S. The smallest absolute Gasteiger partial charge is 0.297 e. The van der Waals surface area contributed by atoms with Gasteiger partial charge in [-0.3, -0.25) is 9.48 Å². The fourth-order valence-corrected chi connectivity index (χ4v) is 4.43. The normalized spacial score (nSPS) is 12.1. The second-order valence-corrected chi connectivity index (χ2v) is 8.31. The third-order valence-electron chi connectivity index (χ3n) is 5.41. The van der Waals surface area contributed by atoms with Crippen molar-refractivity contribution in [1.29, 1.82) is 0 Å². The molecule has 7 nitrogen and oxygen atoms in total. The van der Waals surface area contributed by atoms with Gasteiger partial charge >= 0.3 is 0 Å². The fourth-order valence-electron chi connectivity index (χ4n) is 3.60. The summed E-state index contributed by atoms with van der Waals surface area (Å²) in [6.07, 6.45) is 3.07. The van der Waals surface area contributed by atoms with Crippen molar-refractivity contribution >= 4 is 23.2 Å². The summed E-state index contributed by atoms with van der Waals surface area (Å²) >= 11 is 1.27. The van der Waals surface area contributed by atoms with Crippen LogP contribution in [-0.2, 0) is 7.05 Å². The SMILES string of the molecule is Cc1c(N=c2scc(-c3ccccc3F)n2N=Cc2ccco2)c(=O)n(-c2ccccc2)n1C. The van der Waals surface area contributed by atoms with Crippen molar-refractivity contribution in [3.05, 3.63) is 111 Å². The molecule has 0 amide bonds. The summed E-state index contributed by atoms with van der Waals surface area (Å²) in [5.41, 5.74) is 2.35. The van der Waals surface area contributed by atoms with E-state index in [9.17, 15) is 9.18 Å². The Bertz CT molecular complexity index is 1610. The fraction of sp³-hybridized carbons (Fsp3) is 0.0800. The number of furan rings is 1. The van der Waals surface area contributed by atoms with E-state index >= 15 is 0 Å². The number of para-hydroxylation sites is 1. The van der Waals surface area contributed by atoms with Gasteiger partial charge in [-0.1, -0.05) is 30.3 Å². The van der Waals surface area contributed by atoms with E-state index in [1.165, 1.54) is 28.3 Å². The molecule has 2 aromatic carbocycles. The number of rotatable bonds is 5. The van der Waals surface area contributed by atoms with Gasteiger partial charge < -0.3 is 4.42 Å². The van der Waals surface area contributed by atoms with Crippen LogP contribution in [0.2, 0.25) is 0 Å². The lowest BCUT2D eigenvalue weighted by Crippen LogP contribution is -2.20. The molecule has 3 aromatic heterocycles. The zero-order valence-corrected chi connectivity index (χ0v) is 19.2. The Morgan fingerprint density at radius 1 is 1.03 bits per heavy atom. The first-order valence-corrected chi connectivity index (χ1v) is 11.3. The molecule has 5 aromatic rings. The van der Waals surface area contributed by atoms with E-state index in [-0.39, 0.29) is 17.1 Å². The van der Waals surface area contributed by atoms with E-state index in [4.69, 9.17) is 4.42 Å². The van der Waals surface area contributed by atoms with E-state index in [1.807, 2.05) is 44.3 Å². The summed E-state index contributed by atoms with van der Waals surface area (Å²) in [5, 5.41) is 6.27. The molecule has 0 unspecified atom stereocenters. The van der Waals surface area contributed by atoms with Gasteiger partial charge in [0.25, 0.3) is 5.56 Å². The van der Waals surface area contributed by atoms with E-state index in [0.29, 0.717) is 27.5 Å². The van der Waals surface area contributed by atoms with Crippen LogP contribution in [0.25, 0.3) is 16.9 Å². The lowest BCUT2D eigenvalue weighted by molar-refractivity contribution is 0.559. The van der Waals surface area contributed by atoms with Crippen molar-refractivity contribution in [1.82, 2.24) is 14.0 Å². The molecule has 9 heteroatoms. The first-order chi connectivity index (χ1) is 16.5. The minimum Gasteiger partial charge on any atom is -0.463 e. The van der Waals surface area contributed by atoms with Gasteiger partial charge in [-0.25, -0.2) is 18.7 Å². The van der Waals surface area contributed by atoms with Crippen LogP contribution >= 0.6 is 11.3 Å². The molecule has 0 aliphatic rings. The molecule has 3 heterocycles. The monoisotopic (exact) mass is 473 g/mol. The predicted molar refractivity (Wildman–Crippen MR) is 130 cm³/mol. The second-order valence-electron chi connectivity index (χ2n) is 7.48. The first-order valence-electron chi connectivity index (χ1n) is 10.5. The number of benzene rings is 2. The van der Waals surface area contributed by atoms with Crippen LogP contribution in [0.3, 0.4) is 0 Å². The Kier molecular flexibility index (Phi) is 5.69. The standard InChI is InChI=1S/C25H20FN5O2S/c1-17-23(24(32)31(29(17)2)18-9-4-3-5-10-18)28-25-30(27-15-19-11-8-14-33-19)22(16-34-25)20-12-6-7-13-21(20)26/h3-16H,1-2H3. The third kappa shape index (κ3) is 3.86. The molecule has 0 bridgehead atoms. The second kappa shape index (κ2) is 8.95.